The van der Waals surface area contributed by atoms with Gasteiger partial charge in [-0.1, -0.05) is 358 Å². The molecule has 2 spiro atoms. The van der Waals surface area contributed by atoms with Crippen LogP contribution in [0.25, 0.3) is 184 Å². The van der Waals surface area contributed by atoms with Gasteiger partial charge in [0.15, 0.2) is 34.9 Å². The van der Waals surface area contributed by atoms with Crippen LogP contribution in [0.2, 0.25) is 0 Å². The molecule has 5 aromatic heterocycles. The molecule has 30 rings (SSSR count). The van der Waals surface area contributed by atoms with Gasteiger partial charge in [-0.15, -0.1) is 0 Å². The number of hydrogen-bond donors (Lipinski definition) is 0. The van der Waals surface area contributed by atoms with Crippen molar-refractivity contribution in [1.29, 1.82) is 10.5 Å². The Labute approximate surface area is 858 Å². The van der Waals surface area contributed by atoms with Crippen molar-refractivity contribution < 1.29 is 0 Å². The van der Waals surface area contributed by atoms with E-state index in [1.165, 1.54) is 115 Å². The molecule has 0 radical (unpaired) electrons. The number of anilines is 6. The molecular formula is C136H83N13. The van der Waals surface area contributed by atoms with Crippen LogP contribution < -0.4 is 9.80 Å². The maximum atomic E-state index is 10.9. The number of para-hydroxylation sites is 10. The van der Waals surface area contributed by atoms with Gasteiger partial charge in [-0.05, 0) is 223 Å². The molecule has 2 aliphatic carbocycles. The Morgan fingerprint density at radius 1 is 0.168 bits per heavy atom. The Hall–Kier alpha value is -20.4. The summed E-state index contributed by atoms with van der Waals surface area (Å²) in [5.74, 6) is 3.20. The first kappa shape index (κ1) is 85.4. The van der Waals surface area contributed by atoms with Crippen molar-refractivity contribution in [2.75, 3.05) is 9.80 Å². The molecule has 0 bridgehead atoms. The number of nitriles is 2. The Balaban J connectivity index is 0.000000141. The van der Waals surface area contributed by atoms with Crippen LogP contribution in [0.5, 0.6) is 0 Å². The maximum absolute atomic E-state index is 10.9. The van der Waals surface area contributed by atoms with E-state index in [0.717, 1.165) is 107 Å². The molecule has 13 nitrogen and oxygen atoms in total. The Morgan fingerprint density at radius 2 is 0.436 bits per heavy atom. The summed E-state index contributed by atoms with van der Waals surface area (Å²) in [7, 11) is 0. The van der Waals surface area contributed by atoms with Crippen molar-refractivity contribution >= 4 is 99.5 Å². The minimum absolute atomic E-state index is 0.480. The van der Waals surface area contributed by atoms with Crippen LogP contribution in [-0.4, -0.2) is 43.6 Å². The molecule has 0 amide bonds. The van der Waals surface area contributed by atoms with Gasteiger partial charge < -0.3 is 23.5 Å². The summed E-state index contributed by atoms with van der Waals surface area (Å²) in [6, 6.07) is 184. The fourth-order valence-electron chi connectivity index (χ4n) is 24.4. The lowest BCUT2D eigenvalue weighted by Gasteiger charge is -2.45. The molecule has 2 aliphatic heterocycles. The molecule has 0 fully saturated rings. The van der Waals surface area contributed by atoms with Crippen LogP contribution in [0, 0.1) is 22.7 Å². The summed E-state index contributed by atoms with van der Waals surface area (Å²) in [4.78, 5) is 35.0. The van der Waals surface area contributed by atoms with E-state index in [4.69, 9.17) is 29.9 Å². The molecule has 0 atom stereocenters. The van der Waals surface area contributed by atoms with Crippen LogP contribution in [0.3, 0.4) is 0 Å². The second-order valence-electron chi connectivity index (χ2n) is 38.5. The van der Waals surface area contributed by atoms with Crippen LogP contribution in [-0.2, 0) is 10.8 Å². The molecule has 0 unspecified atom stereocenters. The zero-order valence-electron chi connectivity index (χ0n) is 80.2. The third kappa shape index (κ3) is 13.3. The predicted octanol–water partition coefficient (Wildman–Crippen LogP) is 32.7. The fraction of sp³-hybridized carbons (Fsp3) is 0.0147. The van der Waals surface area contributed by atoms with E-state index in [2.05, 4.69) is 394 Å². The molecule has 7 heterocycles. The van der Waals surface area contributed by atoms with Crippen LogP contribution in [0.15, 0.2) is 504 Å². The van der Waals surface area contributed by atoms with E-state index in [1.807, 2.05) is 146 Å². The minimum atomic E-state index is -0.744. The van der Waals surface area contributed by atoms with E-state index in [9.17, 15) is 10.5 Å². The molecule has 0 N–H and O–H groups in total. The summed E-state index contributed by atoms with van der Waals surface area (Å²) in [5, 5.41) is 28.9. The van der Waals surface area contributed by atoms with Crippen molar-refractivity contribution in [2.45, 2.75) is 10.8 Å². The highest BCUT2D eigenvalue weighted by Gasteiger charge is 2.54. The highest BCUT2D eigenvalue weighted by Crippen LogP contribution is 2.67. The van der Waals surface area contributed by atoms with E-state index < -0.39 is 10.8 Å². The predicted molar refractivity (Wildman–Crippen MR) is 601 cm³/mol. The van der Waals surface area contributed by atoms with E-state index >= 15 is 0 Å². The Kier molecular flexibility index (Phi) is 19.6. The second kappa shape index (κ2) is 34.2. The number of hydrogen-bond acceptors (Lipinski definition) is 10. The molecule has 149 heavy (non-hydrogen) atoms. The summed E-state index contributed by atoms with van der Waals surface area (Å²) in [6.45, 7) is 0. The third-order valence-corrected chi connectivity index (χ3v) is 30.6. The summed E-state index contributed by atoms with van der Waals surface area (Å²) in [6.07, 6.45) is 0. The number of benzene rings is 21. The lowest BCUT2D eigenvalue weighted by Crippen LogP contribution is -2.36. The van der Waals surface area contributed by atoms with Gasteiger partial charge in [0.2, 0.25) is 0 Å². The van der Waals surface area contributed by atoms with Crippen molar-refractivity contribution in [3.05, 3.63) is 559 Å². The van der Waals surface area contributed by atoms with Gasteiger partial charge in [0.05, 0.1) is 89.9 Å². The van der Waals surface area contributed by atoms with Crippen LogP contribution in [0.1, 0.15) is 55.6 Å². The van der Waals surface area contributed by atoms with Crippen molar-refractivity contribution in [2.24, 2.45) is 0 Å². The highest BCUT2D eigenvalue weighted by molar-refractivity contribution is 6.13. The molecule has 21 aromatic carbocycles. The van der Waals surface area contributed by atoms with Gasteiger partial charge >= 0.3 is 0 Å². The van der Waals surface area contributed by atoms with Crippen molar-refractivity contribution in [1.82, 2.24) is 43.6 Å². The largest absolute Gasteiger partial charge is 0.310 e. The Bertz CT molecular complexity index is 9630. The molecule has 26 aromatic rings. The average Bonchev–Trinajstić information content (AvgIpc) is 1.52. The van der Waals surface area contributed by atoms with Gasteiger partial charge in [-0.3, -0.25) is 0 Å². The van der Waals surface area contributed by atoms with Crippen LogP contribution >= 0.6 is 0 Å². The molecule has 0 saturated heterocycles. The molecule has 13 heteroatoms. The number of rotatable bonds is 12. The lowest BCUT2D eigenvalue weighted by molar-refractivity contribution is 0.752. The van der Waals surface area contributed by atoms with Crippen molar-refractivity contribution in [3.63, 3.8) is 0 Å². The summed E-state index contributed by atoms with van der Waals surface area (Å²) in [5.41, 5.74) is 37.3. The molecule has 0 saturated carbocycles. The van der Waals surface area contributed by atoms with Gasteiger partial charge in [0.25, 0.3) is 0 Å². The quantitative estimate of drug-likeness (QED) is 0.116. The minimum Gasteiger partial charge on any atom is -0.310 e. The SMILES string of the molecule is N#Cc1cc(-c2nc(-c3ccccc3)nc(-c3ccccc3)n2)cc(N2c3ccccc3C3(c4ccc(-n5c6ccccc6c6ccccc65)cc4-c4cc(-n5c6ccccc6c6ccccc65)ccc43)c3ccccc32)c1.N#Cc1cc(-c2nc(-c3ccccc3)nc(-c3ccccc3)n2)cc(N2c3ccccc3C3(c4ccccc4-c4cc(-c5ccc6c(c5)c5ccccc5n6-c5ccccc5)ccc43)c3ccccc32)c1. The zero-order valence-corrected chi connectivity index (χ0v) is 80.2. The smallest absolute Gasteiger partial charge is 0.164 e. The lowest BCUT2D eigenvalue weighted by atomic mass is 9.64. The second-order valence-corrected chi connectivity index (χ2v) is 38.5. The number of aromatic nitrogens is 9. The highest BCUT2D eigenvalue weighted by atomic mass is 15.2. The van der Waals surface area contributed by atoms with Gasteiger partial charge in [0, 0.05) is 94.1 Å². The van der Waals surface area contributed by atoms with Crippen molar-refractivity contribution in [3.8, 4) is 131 Å². The van der Waals surface area contributed by atoms with E-state index in [-0.39, 0.29) is 0 Å². The van der Waals surface area contributed by atoms with Gasteiger partial charge in [-0.2, -0.15) is 10.5 Å². The zero-order chi connectivity index (χ0) is 98.5. The van der Waals surface area contributed by atoms with Gasteiger partial charge in [0.1, 0.15) is 0 Å². The standard InChI is InChI=1S/C71H43N7.C65H40N6/c72-44-45-39-48(70-74-68(46-19-3-1-4-20-46)73-69(75-70)47-21-5-2-6-22-47)41-51(40-45)78-66-33-17-11-27-60(66)71(61-28-12-18-34-67(61)78)58-37-35-49(76-62-29-13-7-23-52(62)53-24-8-14-30-63(53)76)42-56(58)57-43-50(36-38-59(57)71)77-64-31-15-9-25-54(64)55-26-10-16-32-65(55)77;66-41-42-36-47(64-68-62(43-18-4-1-5-19-43)67-63(69-64)44-20-6-2-7-21-44)38-49(37-42)71-60-30-16-13-27-56(60)65(57-28-14-17-31-61(57)71)54-26-12-10-24-50(54)52-39-45(32-34-55(52)65)46-33-35-59-53(40-46)51-25-11-15-29-58(51)70(59)48-22-8-3-9-23-48/h1-43H;1-40H. The molecule has 692 valence electrons. The fourth-order valence-corrected chi connectivity index (χ4v) is 24.4. The average molecular weight is 1900 g/mol. The summed E-state index contributed by atoms with van der Waals surface area (Å²) >= 11 is 0. The Morgan fingerprint density at radius 3 is 0.805 bits per heavy atom. The van der Waals surface area contributed by atoms with Crippen LogP contribution in [0.4, 0.5) is 34.1 Å². The maximum Gasteiger partial charge on any atom is 0.164 e. The molecule has 4 aliphatic rings. The third-order valence-electron chi connectivity index (χ3n) is 30.6. The number of fused-ring (bicyclic) bond motifs is 27. The molecular weight excluding hydrogens is 1820 g/mol. The monoisotopic (exact) mass is 1900 g/mol. The first-order chi connectivity index (χ1) is 73.8. The van der Waals surface area contributed by atoms with E-state index in [1.54, 1.807) is 0 Å². The normalized spacial score (nSPS) is 12.9. The first-order valence-electron chi connectivity index (χ1n) is 50.2. The summed E-state index contributed by atoms with van der Waals surface area (Å²) < 4.78 is 7.22. The first-order valence-corrected chi connectivity index (χ1v) is 50.2. The van der Waals surface area contributed by atoms with E-state index in [0.29, 0.717) is 51.6 Å². The van der Waals surface area contributed by atoms with Gasteiger partial charge in [-0.25, -0.2) is 29.9 Å². The number of nitrogens with zero attached hydrogens (tertiary/aromatic N) is 13. The topological polar surface area (TPSA) is 146 Å².